The molecule has 1 atom stereocenters. The number of nitrogens with zero attached hydrogens (tertiary/aromatic N) is 1. The van der Waals surface area contributed by atoms with Crippen molar-refractivity contribution in [1.82, 2.24) is 5.43 Å². The minimum absolute atomic E-state index is 0.283. The third-order valence-electron chi connectivity index (χ3n) is 3.22. The number of benzene rings is 2. The molecule has 0 saturated heterocycles. The lowest BCUT2D eigenvalue weighted by molar-refractivity contribution is -0.130. The fourth-order valence-corrected chi connectivity index (χ4v) is 2.29. The van der Waals surface area contributed by atoms with Gasteiger partial charge in [-0.3, -0.25) is 15.6 Å². The molecule has 1 amide bonds. The van der Waals surface area contributed by atoms with Crippen LogP contribution in [0.4, 0.5) is 5.69 Å². The minimum atomic E-state index is -0.637. The largest absolute Gasteiger partial charge is 0.382 e. The summed E-state index contributed by atoms with van der Waals surface area (Å²) in [6.45, 7) is 0. The summed E-state index contributed by atoms with van der Waals surface area (Å²) in [4.78, 5) is 17.3. The summed E-state index contributed by atoms with van der Waals surface area (Å²) >= 11 is 5.88. The zero-order chi connectivity index (χ0) is 15.4. The number of hydrazine groups is 1. The standard InChI is InChI=1S/C16H14ClN3O2/c17-12-7-4-8-13(9-12)18-19-16(21)15-10-14(20-22-15)11-5-2-1-3-6-11/h1-9,15,18H,10H2,(H,19,21)/t15-/m0/s1. The van der Waals surface area contributed by atoms with Crippen molar-refractivity contribution in [3.05, 3.63) is 65.2 Å². The van der Waals surface area contributed by atoms with Crippen LogP contribution in [0, 0.1) is 0 Å². The van der Waals surface area contributed by atoms with Gasteiger partial charge in [-0.15, -0.1) is 0 Å². The fourth-order valence-electron chi connectivity index (χ4n) is 2.10. The van der Waals surface area contributed by atoms with E-state index in [2.05, 4.69) is 16.0 Å². The molecule has 2 N–H and O–H groups in total. The van der Waals surface area contributed by atoms with E-state index in [0.29, 0.717) is 17.1 Å². The molecule has 0 spiro atoms. The van der Waals surface area contributed by atoms with E-state index < -0.39 is 6.10 Å². The lowest BCUT2D eigenvalue weighted by Crippen LogP contribution is -2.38. The Morgan fingerprint density at radius 1 is 1.18 bits per heavy atom. The second-order valence-electron chi connectivity index (χ2n) is 4.83. The average Bonchev–Trinajstić information content (AvgIpc) is 3.04. The number of nitrogens with one attached hydrogen (secondary N) is 2. The van der Waals surface area contributed by atoms with E-state index in [1.807, 2.05) is 30.3 Å². The van der Waals surface area contributed by atoms with Crippen LogP contribution in [0.3, 0.4) is 0 Å². The van der Waals surface area contributed by atoms with E-state index in [-0.39, 0.29) is 5.91 Å². The van der Waals surface area contributed by atoms with E-state index >= 15 is 0 Å². The average molecular weight is 316 g/mol. The molecule has 2 aromatic rings. The lowest BCUT2D eigenvalue weighted by Gasteiger charge is -2.11. The quantitative estimate of drug-likeness (QED) is 0.853. The molecule has 22 heavy (non-hydrogen) atoms. The fraction of sp³-hybridized carbons (Fsp3) is 0.125. The smallest absolute Gasteiger partial charge is 0.282 e. The van der Waals surface area contributed by atoms with Crippen LogP contribution in [0.1, 0.15) is 12.0 Å². The maximum atomic E-state index is 12.1. The Morgan fingerprint density at radius 3 is 2.77 bits per heavy atom. The van der Waals surface area contributed by atoms with Crippen LogP contribution < -0.4 is 10.9 Å². The SMILES string of the molecule is O=C(NNc1cccc(Cl)c1)[C@@H]1CC(c2ccccc2)=NO1. The first-order valence-electron chi connectivity index (χ1n) is 6.82. The molecule has 1 heterocycles. The van der Waals surface area contributed by atoms with Crippen molar-refractivity contribution in [1.29, 1.82) is 0 Å². The molecule has 1 aliphatic heterocycles. The van der Waals surface area contributed by atoms with Crippen molar-refractivity contribution in [2.75, 3.05) is 5.43 Å². The van der Waals surface area contributed by atoms with Gasteiger partial charge >= 0.3 is 0 Å². The number of carbonyl (C=O) groups excluding carboxylic acids is 1. The lowest BCUT2D eigenvalue weighted by atomic mass is 10.1. The summed E-state index contributed by atoms with van der Waals surface area (Å²) in [5.41, 5.74) is 7.82. The van der Waals surface area contributed by atoms with Crippen molar-refractivity contribution in [3.63, 3.8) is 0 Å². The number of rotatable bonds is 4. The molecule has 2 aromatic carbocycles. The van der Waals surface area contributed by atoms with Gasteiger partial charge < -0.3 is 4.84 Å². The van der Waals surface area contributed by atoms with E-state index in [1.165, 1.54) is 0 Å². The number of anilines is 1. The van der Waals surface area contributed by atoms with Crippen LogP contribution in [0.15, 0.2) is 59.8 Å². The Labute approximate surface area is 132 Å². The first kappa shape index (κ1) is 14.4. The van der Waals surface area contributed by atoms with E-state index in [0.717, 1.165) is 11.3 Å². The summed E-state index contributed by atoms with van der Waals surface area (Å²) in [7, 11) is 0. The summed E-state index contributed by atoms with van der Waals surface area (Å²) in [5, 5.41) is 4.57. The predicted molar refractivity (Wildman–Crippen MR) is 85.7 cm³/mol. The second kappa shape index (κ2) is 6.49. The van der Waals surface area contributed by atoms with Gasteiger partial charge in [0.2, 0.25) is 6.10 Å². The van der Waals surface area contributed by atoms with Gasteiger partial charge in [0.25, 0.3) is 5.91 Å². The molecule has 0 saturated carbocycles. The van der Waals surface area contributed by atoms with Crippen LogP contribution >= 0.6 is 11.6 Å². The molecule has 3 rings (SSSR count). The van der Waals surface area contributed by atoms with E-state index in [1.54, 1.807) is 24.3 Å². The normalized spacial score (nSPS) is 16.6. The Morgan fingerprint density at radius 2 is 2.00 bits per heavy atom. The predicted octanol–water partition coefficient (Wildman–Crippen LogP) is 2.98. The Kier molecular flexibility index (Phi) is 4.25. The highest BCUT2D eigenvalue weighted by Crippen LogP contribution is 2.17. The molecule has 0 aliphatic carbocycles. The molecule has 5 nitrogen and oxygen atoms in total. The molecule has 0 aromatic heterocycles. The summed E-state index contributed by atoms with van der Waals surface area (Å²) < 4.78 is 0. The molecular formula is C16H14ClN3O2. The molecule has 1 aliphatic rings. The Balaban J connectivity index is 1.55. The Bertz CT molecular complexity index is 704. The summed E-state index contributed by atoms with van der Waals surface area (Å²) in [6.07, 6.45) is -0.200. The van der Waals surface area contributed by atoms with Crippen molar-refractivity contribution < 1.29 is 9.63 Å². The first-order valence-corrected chi connectivity index (χ1v) is 7.20. The topological polar surface area (TPSA) is 62.7 Å². The van der Waals surface area contributed by atoms with Crippen molar-refractivity contribution in [3.8, 4) is 0 Å². The van der Waals surface area contributed by atoms with Crippen LogP contribution in [-0.2, 0) is 9.63 Å². The highest BCUT2D eigenvalue weighted by Gasteiger charge is 2.28. The maximum absolute atomic E-state index is 12.1. The zero-order valence-electron chi connectivity index (χ0n) is 11.6. The minimum Gasteiger partial charge on any atom is -0.382 e. The second-order valence-corrected chi connectivity index (χ2v) is 5.26. The van der Waals surface area contributed by atoms with Gasteiger partial charge in [0.1, 0.15) is 0 Å². The maximum Gasteiger partial charge on any atom is 0.282 e. The summed E-state index contributed by atoms with van der Waals surface area (Å²) in [5.74, 6) is -0.283. The molecule has 0 fully saturated rings. The van der Waals surface area contributed by atoms with E-state index in [4.69, 9.17) is 16.4 Å². The number of amides is 1. The van der Waals surface area contributed by atoms with Gasteiger partial charge in [0.15, 0.2) is 0 Å². The van der Waals surface area contributed by atoms with Gasteiger partial charge in [0.05, 0.1) is 11.4 Å². The van der Waals surface area contributed by atoms with Crippen molar-refractivity contribution >= 4 is 28.9 Å². The van der Waals surface area contributed by atoms with Crippen molar-refractivity contribution in [2.45, 2.75) is 12.5 Å². The molecule has 6 heteroatoms. The van der Waals surface area contributed by atoms with Gasteiger partial charge in [-0.25, -0.2) is 0 Å². The summed E-state index contributed by atoms with van der Waals surface area (Å²) in [6, 6.07) is 16.7. The molecule has 0 unspecified atom stereocenters. The number of hydrogen-bond acceptors (Lipinski definition) is 4. The number of carbonyl (C=O) groups is 1. The molecule has 0 radical (unpaired) electrons. The van der Waals surface area contributed by atoms with Crippen molar-refractivity contribution in [2.24, 2.45) is 5.16 Å². The van der Waals surface area contributed by atoms with Gasteiger partial charge in [0, 0.05) is 11.4 Å². The highest BCUT2D eigenvalue weighted by molar-refractivity contribution is 6.30. The number of oxime groups is 1. The van der Waals surface area contributed by atoms with Crippen LogP contribution in [0.25, 0.3) is 0 Å². The van der Waals surface area contributed by atoms with E-state index in [9.17, 15) is 4.79 Å². The monoisotopic (exact) mass is 315 g/mol. The molecule has 0 bridgehead atoms. The van der Waals surface area contributed by atoms with Gasteiger partial charge in [-0.1, -0.05) is 53.2 Å². The zero-order valence-corrected chi connectivity index (χ0v) is 12.4. The van der Waals surface area contributed by atoms with Crippen LogP contribution in [0.5, 0.6) is 0 Å². The molecule has 112 valence electrons. The van der Waals surface area contributed by atoms with Crippen LogP contribution in [0.2, 0.25) is 5.02 Å². The molecular weight excluding hydrogens is 302 g/mol. The first-order chi connectivity index (χ1) is 10.7. The van der Waals surface area contributed by atoms with Gasteiger partial charge in [-0.05, 0) is 23.8 Å². The number of halogens is 1. The highest BCUT2D eigenvalue weighted by atomic mass is 35.5. The Hall–Kier alpha value is -2.53. The third-order valence-corrected chi connectivity index (χ3v) is 3.46. The number of hydrogen-bond donors (Lipinski definition) is 2. The van der Waals surface area contributed by atoms with Gasteiger partial charge in [-0.2, -0.15) is 0 Å². The third kappa shape index (κ3) is 3.38. The van der Waals surface area contributed by atoms with Crippen LogP contribution in [-0.4, -0.2) is 17.7 Å².